The van der Waals surface area contributed by atoms with Crippen LogP contribution in [0.2, 0.25) is 0 Å². The topological polar surface area (TPSA) is 67.8 Å². The quantitative estimate of drug-likeness (QED) is 0.584. The third kappa shape index (κ3) is 5.60. The molecule has 0 atom stereocenters. The molecule has 0 unspecified atom stereocenters. The van der Waals surface area contributed by atoms with Crippen LogP contribution in [0.25, 0.3) is 0 Å². The fraction of sp³-hybridized carbons (Fsp3) is 0.500. The van der Waals surface area contributed by atoms with E-state index < -0.39 is 0 Å². The monoisotopic (exact) mass is 388 g/mol. The molecular formula is C20H28N4O2S. The van der Waals surface area contributed by atoms with Crippen LogP contribution in [0.15, 0.2) is 28.6 Å². The zero-order valence-electron chi connectivity index (χ0n) is 16.2. The average molecular weight is 389 g/mol. The van der Waals surface area contributed by atoms with Gasteiger partial charge in [-0.2, -0.15) is 0 Å². The lowest BCUT2D eigenvalue weighted by Gasteiger charge is -2.11. The zero-order valence-corrected chi connectivity index (χ0v) is 17.1. The van der Waals surface area contributed by atoms with Crippen LogP contribution in [0.4, 0.5) is 0 Å². The molecule has 1 aliphatic rings. The van der Waals surface area contributed by atoms with Gasteiger partial charge in [-0.3, -0.25) is 0 Å². The summed E-state index contributed by atoms with van der Waals surface area (Å²) in [5.41, 5.74) is 2.23. The third-order valence-corrected chi connectivity index (χ3v) is 5.01. The van der Waals surface area contributed by atoms with Gasteiger partial charge in [-0.15, -0.1) is 11.3 Å². The van der Waals surface area contributed by atoms with E-state index in [1.165, 1.54) is 0 Å². The number of fused-ring (bicyclic) bond motifs is 1. The van der Waals surface area contributed by atoms with Crippen LogP contribution < -0.4 is 20.1 Å². The third-order valence-electron chi connectivity index (χ3n) is 4.14. The van der Waals surface area contributed by atoms with E-state index >= 15 is 0 Å². The Balaban J connectivity index is 1.62. The minimum Gasteiger partial charge on any atom is -0.490 e. The predicted molar refractivity (Wildman–Crippen MR) is 110 cm³/mol. The molecule has 6 nitrogen and oxygen atoms in total. The van der Waals surface area contributed by atoms with Gasteiger partial charge in [0.05, 0.1) is 32.0 Å². The van der Waals surface area contributed by atoms with Gasteiger partial charge in [0.2, 0.25) is 0 Å². The van der Waals surface area contributed by atoms with Gasteiger partial charge in [0.1, 0.15) is 5.01 Å². The molecule has 1 aliphatic heterocycles. The lowest BCUT2D eigenvalue weighted by molar-refractivity contribution is 0.297. The maximum Gasteiger partial charge on any atom is 0.191 e. The van der Waals surface area contributed by atoms with Crippen molar-refractivity contribution in [3.63, 3.8) is 0 Å². The van der Waals surface area contributed by atoms with Crippen LogP contribution in [0.5, 0.6) is 11.5 Å². The van der Waals surface area contributed by atoms with Crippen LogP contribution in [-0.4, -0.2) is 30.7 Å². The molecular weight excluding hydrogens is 360 g/mol. The van der Waals surface area contributed by atoms with Gasteiger partial charge in [-0.25, -0.2) is 9.98 Å². The molecule has 146 valence electrons. The number of nitrogens with zero attached hydrogens (tertiary/aromatic N) is 2. The first-order chi connectivity index (χ1) is 13.2. The highest BCUT2D eigenvalue weighted by Crippen LogP contribution is 2.30. The summed E-state index contributed by atoms with van der Waals surface area (Å²) in [6.45, 7) is 9.82. The van der Waals surface area contributed by atoms with Gasteiger partial charge in [-0.05, 0) is 30.5 Å². The summed E-state index contributed by atoms with van der Waals surface area (Å²) < 4.78 is 11.4. The number of rotatable bonds is 6. The lowest BCUT2D eigenvalue weighted by atomic mass is 10.2. The van der Waals surface area contributed by atoms with Crippen LogP contribution >= 0.6 is 11.3 Å². The second-order valence-electron chi connectivity index (χ2n) is 6.70. The average Bonchev–Trinajstić information content (AvgIpc) is 3.02. The van der Waals surface area contributed by atoms with Crippen molar-refractivity contribution in [1.29, 1.82) is 0 Å². The summed E-state index contributed by atoms with van der Waals surface area (Å²) in [6.07, 6.45) is 0.909. The van der Waals surface area contributed by atoms with Gasteiger partial charge in [-0.1, -0.05) is 19.9 Å². The molecule has 1 aromatic carbocycles. The first-order valence-corrected chi connectivity index (χ1v) is 10.4. The molecule has 3 rings (SSSR count). The molecule has 0 bridgehead atoms. The first-order valence-electron chi connectivity index (χ1n) is 9.50. The van der Waals surface area contributed by atoms with Crippen molar-refractivity contribution in [2.75, 3.05) is 19.8 Å². The van der Waals surface area contributed by atoms with Crippen LogP contribution in [0.1, 0.15) is 49.4 Å². The number of aliphatic imine (C=N–C) groups is 1. The van der Waals surface area contributed by atoms with E-state index in [0.29, 0.717) is 32.2 Å². The van der Waals surface area contributed by atoms with E-state index in [1.54, 1.807) is 11.3 Å². The van der Waals surface area contributed by atoms with Crippen molar-refractivity contribution in [2.45, 2.75) is 46.2 Å². The zero-order chi connectivity index (χ0) is 19.1. The number of guanidine groups is 1. The van der Waals surface area contributed by atoms with Crippen LogP contribution in [-0.2, 0) is 13.1 Å². The van der Waals surface area contributed by atoms with Crippen molar-refractivity contribution in [2.24, 2.45) is 4.99 Å². The molecule has 0 aliphatic carbocycles. The summed E-state index contributed by atoms with van der Waals surface area (Å²) >= 11 is 1.68. The van der Waals surface area contributed by atoms with Gasteiger partial charge in [0, 0.05) is 18.3 Å². The molecule has 7 heteroatoms. The minimum absolute atomic E-state index is 0.455. The second-order valence-corrected chi connectivity index (χ2v) is 7.64. The number of thiazole rings is 1. The molecule has 0 spiro atoms. The van der Waals surface area contributed by atoms with Crippen molar-refractivity contribution < 1.29 is 9.47 Å². The van der Waals surface area contributed by atoms with E-state index in [4.69, 9.17) is 9.47 Å². The number of nitrogens with one attached hydrogen (secondary N) is 2. The maximum atomic E-state index is 5.76. The molecule has 2 aromatic rings. The number of ether oxygens (including phenoxy) is 2. The number of aromatic nitrogens is 1. The van der Waals surface area contributed by atoms with Gasteiger partial charge < -0.3 is 20.1 Å². The normalized spacial score (nSPS) is 14.1. The summed E-state index contributed by atoms with van der Waals surface area (Å²) in [7, 11) is 0. The molecule has 1 aromatic heterocycles. The number of hydrogen-bond donors (Lipinski definition) is 2. The standard InChI is InChI=1S/C20H28N4O2S/c1-4-21-20(23-12-19-24-16(13-27-19)14(2)3)22-11-15-6-7-17-18(10-15)26-9-5-8-25-17/h6-7,10,13-14H,4-5,8-9,11-12H2,1-3H3,(H2,21,22,23). The first kappa shape index (κ1) is 19.5. The molecule has 27 heavy (non-hydrogen) atoms. The molecule has 0 saturated heterocycles. The molecule has 0 fully saturated rings. The summed E-state index contributed by atoms with van der Waals surface area (Å²) in [4.78, 5) is 9.35. The molecule has 2 N–H and O–H groups in total. The van der Waals surface area contributed by atoms with Crippen molar-refractivity contribution in [3.8, 4) is 11.5 Å². The number of benzene rings is 1. The highest BCUT2D eigenvalue weighted by Gasteiger charge is 2.11. The van der Waals surface area contributed by atoms with Crippen LogP contribution in [0, 0.1) is 0 Å². The fourth-order valence-corrected chi connectivity index (χ4v) is 3.54. The fourth-order valence-electron chi connectivity index (χ4n) is 2.65. The molecule has 2 heterocycles. The Bertz CT molecular complexity index is 773. The van der Waals surface area contributed by atoms with Gasteiger partial charge >= 0.3 is 0 Å². The second kappa shape index (κ2) is 9.60. The Morgan fingerprint density at radius 2 is 2.04 bits per heavy atom. The van der Waals surface area contributed by atoms with Crippen molar-refractivity contribution >= 4 is 17.3 Å². The van der Waals surface area contributed by atoms with E-state index in [9.17, 15) is 0 Å². The molecule has 0 radical (unpaired) electrons. The van der Waals surface area contributed by atoms with Gasteiger partial charge in [0.25, 0.3) is 0 Å². The minimum atomic E-state index is 0.455. The summed E-state index contributed by atoms with van der Waals surface area (Å²) in [5, 5.41) is 9.85. The number of hydrogen-bond acceptors (Lipinski definition) is 5. The van der Waals surface area contributed by atoms with Gasteiger partial charge in [0.15, 0.2) is 17.5 Å². The summed E-state index contributed by atoms with van der Waals surface area (Å²) in [6, 6.07) is 6.02. The Kier molecular flexibility index (Phi) is 6.92. The van der Waals surface area contributed by atoms with Crippen LogP contribution in [0.3, 0.4) is 0 Å². The highest BCUT2D eigenvalue weighted by atomic mass is 32.1. The predicted octanol–water partition coefficient (Wildman–Crippen LogP) is 3.68. The Labute approximate surface area is 165 Å². The van der Waals surface area contributed by atoms with Crippen molar-refractivity contribution in [1.82, 2.24) is 15.6 Å². The smallest absolute Gasteiger partial charge is 0.191 e. The van der Waals surface area contributed by atoms with E-state index in [2.05, 4.69) is 46.8 Å². The Morgan fingerprint density at radius 3 is 2.78 bits per heavy atom. The molecule has 0 saturated carbocycles. The largest absolute Gasteiger partial charge is 0.490 e. The summed E-state index contributed by atoms with van der Waals surface area (Å²) in [5.74, 6) is 2.86. The van der Waals surface area contributed by atoms with E-state index in [0.717, 1.165) is 46.7 Å². The Hall–Kier alpha value is -2.28. The lowest BCUT2D eigenvalue weighted by Crippen LogP contribution is -2.36. The Morgan fingerprint density at radius 1 is 1.22 bits per heavy atom. The van der Waals surface area contributed by atoms with Crippen molar-refractivity contribution in [3.05, 3.63) is 39.8 Å². The molecule has 0 amide bonds. The maximum absolute atomic E-state index is 5.76. The van der Waals surface area contributed by atoms with E-state index in [-0.39, 0.29) is 0 Å². The highest BCUT2D eigenvalue weighted by molar-refractivity contribution is 7.09. The van der Waals surface area contributed by atoms with E-state index in [1.807, 2.05) is 18.2 Å². The SMILES string of the molecule is CCNC(=NCc1ccc2c(c1)OCCCO2)NCc1nc(C(C)C)cs1.